The number of aryl methyl sites for hydroxylation is 1. The first-order chi connectivity index (χ1) is 8.56. The molecule has 2 N–H and O–H groups in total. The number of rotatable bonds is 2. The molecule has 4 heteroatoms. The maximum absolute atomic E-state index is 13.6. The number of halogens is 1. The lowest BCUT2D eigenvalue weighted by atomic mass is 9.92. The Kier molecular flexibility index (Phi) is 3.97. The van der Waals surface area contributed by atoms with Crippen LogP contribution in [0, 0.1) is 18.7 Å². The van der Waals surface area contributed by atoms with Gasteiger partial charge in [-0.3, -0.25) is 4.79 Å². The minimum Gasteiger partial charge on any atom is -0.323 e. The van der Waals surface area contributed by atoms with Gasteiger partial charge >= 0.3 is 0 Å². The third-order valence-electron chi connectivity index (χ3n) is 3.38. The molecular weight excluding hydrogens is 231 g/mol. The number of amides is 1. The first-order valence-electron chi connectivity index (χ1n) is 6.36. The molecule has 2 atom stereocenters. The summed E-state index contributed by atoms with van der Waals surface area (Å²) in [6.45, 7) is 4.73. The molecule has 1 aliphatic rings. The Morgan fingerprint density at radius 3 is 2.94 bits per heavy atom. The largest absolute Gasteiger partial charge is 0.323 e. The van der Waals surface area contributed by atoms with Gasteiger partial charge < -0.3 is 10.6 Å². The lowest BCUT2D eigenvalue weighted by Gasteiger charge is -2.27. The Morgan fingerprint density at radius 1 is 1.50 bits per heavy atom. The smallest absolute Gasteiger partial charge is 0.227 e. The Balaban J connectivity index is 2.02. The van der Waals surface area contributed by atoms with Gasteiger partial charge in [-0.1, -0.05) is 6.07 Å². The predicted molar refractivity (Wildman–Crippen MR) is 70.0 cm³/mol. The van der Waals surface area contributed by atoms with Crippen LogP contribution in [0.4, 0.5) is 10.1 Å². The summed E-state index contributed by atoms with van der Waals surface area (Å²) in [5.41, 5.74) is 1.12. The van der Waals surface area contributed by atoms with Gasteiger partial charge in [0.2, 0.25) is 5.91 Å². The first-order valence-corrected chi connectivity index (χ1v) is 6.36. The van der Waals surface area contributed by atoms with Gasteiger partial charge in [-0.2, -0.15) is 0 Å². The summed E-state index contributed by atoms with van der Waals surface area (Å²) < 4.78 is 13.6. The monoisotopic (exact) mass is 250 g/mol. The maximum atomic E-state index is 13.6. The molecule has 0 radical (unpaired) electrons. The van der Waals surface area contributed by atoms with Crippen molar-refractivity contribution >= 4 is 11.6 Å². The van der Waals surface area contributed by atoms with Gasteiger partial charge in [0.25, 0.3) is 0 Å². The summed E-state index contributed by atoms with van der Waals surface area (Å²) in [6, 6.07) is 5.19. The van der Waals surface area contributed by atoms with Gasteiger partial charge in [0.1, 0.15) is 5.82 Å². The minimum atomic E-state index is -0.370. The quantitative estimate of drug-likeness (QED) is 0.846. The SMILES string of the molecule is Cc1ccc(NC(=O)C2CCNC(C)C2)c(F)c1. The second-order valence-corrected chi connectivity index (χ2v) is 5.05. The fourth-order valence-electron chi connectivity index (χ4n) is 2.33. The first kappa shape index (κ1) is 13.0. The second kappa shape index (κ2) is 5.48. The average Bonchev–Trinajstić information content (AvgIpc) is 2.32. The van der Waals surface area contributed by atoms with Crippen molar-refractivity contribution in [3.63, 3.8) is 0 Å². The van der Waals surface area contributed by atoms with E-state index in [2.05, 4.69) is 17.6 Å². The summed E-state index contributed by atoms with van der Waals surface area (Å²) >= 11 is 0. The lowest BCUT2D eigenvalue weighted by molar-refractivity contribution is -0.120. The molecule has 0 saturated carbocycles. The van der Waals surface area contributed by atoms with Crippen LogP contribution in [-0.4, -0.2) is 18.5 Å². The van der Waals surface area contributed by atoms with Crippen LogP contribution in [0.3, 0.4) is 0 Å². The number of anilines is 1. The molecule has 2 rings (SSSR count). The number of benzene rings is 1. The Labute approximate surface area is 107 Å². The summed E-state index contributed by atoms with van der Waals surface area (Å²) in [4.78, 5) is 12.0. The highest BCUT2D eigenvalue weighted by Gasteiger charge is 2.25. The standard InChI is InChI=1S/C14H19FN2O/c1-9-3-4-13(12(15)7-9)17-14(18)11-5-6-16-10(2)8-11/h3-4,7,10-11,16H,5-6,8H2,1-2H3,(H,17,18). The number of piperidine rings is 1. The molecule has 1 amide bonds. The van der Waals surface area contributed by atoms with E-state index in [1.54, 1.807) is 12.1 Å². The molecule has 1 aliphatic heterocycles. The third-order valence-corrected chi connectivity index (χ3v) is 3.38. The topological polar surface area (TPSA) is 41.1 Å². The lowest BCUT2D eigenvalue weighted by Crippen LogP contribution is -2.40. The van der Waals surface area contributed by atoms with Crippen LogP contribution >= 0.6 is 0 Å². The van der Waals surface area contributed by atoms with E-state index < -0.39 is 0 Å². The molecular formula is C14H19FN2O. The number of hydrogen-bond donors (Lipinski definition) is 2. The fraction of sp³-hybridized carbons (Fsp3) is 0.500. The molecule has 98 valence electrons. The minimum absolute atomic E-state index is 0.0260. The van der Waals surface area contributed by atoms with Gasteiger partial charge in [-0.05, 0) is 50.9 Å². The van der Waals surface area contributed by atoms with E-state index >= 15 is 0 Å². The number of carbonyl (C=O) groups excluding carboxylic acids is 1. The van der Waals surface area contributed by atoms with E-state index in [0.29, 0.717) is 6.04 Å². The van der Waals surface area contributed by atoms with Crippen molar-refractivity contribution in [1.82, 2.24) is 5.32 Å². The molecule has 0 aromatic heterocycles. The van der Waals surface area contributed by atoms with Crippen LogP contribution < -0.4 is 10.6 Å². The highest BCUT2D eigenvalue weighted by Crippen LogP contribution is 2.20. The molecule has 1 fully saturated rings. The van der Waals surface area contributed by atoms with Crippen molar-refractivity contribution in [2.24, 2.45) is 5.92 Å². The van der Waals surface area contributed by atoms with Gasteiger partial charge in [-0.25, -0.2) is 4.39 Å². The molecule has 0 bridgehead atoms. The number of hydrogen-bond acceptors (Lipinski definition) is 2. The van der Waals surface area contributed by atoms with Gasteiger partial charge in [-0.15, -0.1) is 0 Å². The van der Waals surface area contributed by atoms with E-state index in [1.165, 1.54) is 6.07 Å². The van der Waals surface area contributed by atoms with Crippen molar-refractivity contribution in [3.05, 3.63) is 29.6 Å². The van der Waals surface area contributed by atoms with Crippen molar-refractivity contribution in [2.45, 2.75) is 32.7 Å². The van der Waals surface area contributed by atoms with Crippen LogP contribution in [-0.2, 0) is 4.79 Å². The molecule has 0 spiro atoms. The third kappa shape index (κ3) is 3.07. The van der Waals surface area contributed by atoms with Crippen LogP contribution in [0.1, 0.15) is 25.3 Å². The van der Waals surface area contributed by atoms with Crippen molar-refractivity contribution in [1.29, 1.82) is 0 Å². The van der Waals surface area contributed by atoms with E-state index in [-0.39, 0.29) is 23.3 Å². The summed E-state index contributed by atoms with van der Waals surface area (Å²) in [5, 5.41) is 5.98. The molecule has 2 unspecified atom stereocenters. The van der Waals surface area contributed by atoms with Crippen LogP contribution in [0.2, 0.25) is 0 Å². The van der Waals surface area contributed by atoms with E-state index in [0.717, 1.165) is 24.9 Å². The Hall–Kier alpha value is -1.42. The van der Waals surface area contributed by atoms with Crippen molar-refractivity contribution in [3.8, 4) is 0 Å². The highest BCUT2D eigenvalue weighted by molar-refractivity contribution is 5.92. The average molecular weight is 250 g/mol. The predicted octanol–water partition coefficient (Wildman–Crippen LogP) is 2.46. The molecule has 18 heavy (non-hydrogen) atoms. The summed E-state index contributed by atoms with van der Waals surface area (Å²) in [6.07, 6.45) is 1.61. The number of nitrogens with one attached hydrogen (secondary N) is 2. The molecule has 1 aromatic carbocycles. The maximum Gasteiger partial charge on any atom is 0.227 e. The van der Waals surface area contributed by atoms with E-state index in [1.807, 2.05) is 6.92 Å². The van der Waals surface area contributed by atoms with Crippen LogP contribution in [0.15, 0.2) is 18.2 Å². The summed E-state index contributed by atoms with van der Waals surface area (Å²) in [7, 11) is 0. The zero-order chi connectivity index (χ0) is 13.1. The molecule has 1 aromatic rings. The van der Waals surface area contributed by atoms with Crippen molar-refractivity contribution < 1.29 is 9.18 Å². The van der Waals surface area contributed by atoms with Gasteiger partial charge in [0, 0.05) is 12.0 Å². The zero-order valence-corrected chi connectivity index (χ0v) is 10.8. The molecule has 0 aliphatic carbocycles. The van der Waals surface area contributed by atoms with Crippen LogP contribution in [0.5, 0.6) is 0 Å². The van der Waals surface area contributed by atoms with Crippen LogP contribution in [0.25, 0.3) is 0 Å². The summed E-state index contributed by atoms with van der Waals surface area (Å²) in [5.74, 6) is -0.474. The normalized spacial score (nSPS) is 23.7. The zero-order valence-electron chi connectivity index (χ0n) is 10.8. The Bertz CT molecular complexity index is 447. The van der Waals surface area contributed by atoms with E-state index in [4.69, 9.17) is 0 Å². The fourth-order valence-corrected chi connectivity index (χ4v) is 2.33. The van der Waals surface area contributed by atoms with Gasteiger partial charge in [0.15, 0.2) is 0 Å². The molecule has 3 nitrogen and oxygen atoms in total. The van der Waals surface area contributed by atoms with E-state index in [9.17, 15) is 9.18 Å². The van der Waals surface area contributed by atoms with Gasteiger partial charge in [0.05, 0.1) is 5.69 Å². The number of carbonyl (C=O) groups is 1. The Morgan fingerprint density at radius 2 is 2.28 bits per heavy atom. The van der Waals surface area contributed by atoms with Crippen molar-refractivity contribution in [2.75, 3.05) is 11.9 Å². The molecule has 1 saturated heterocycles. The highest BCUT2D eigenvalue weighted by atomic mass is 19.1. The molecule has 1 heterocycles. The second-order valence-electron chi connectivity index (χ2n) is 5.05.